The monoisotopic (exact) mass is 191 g/mol. The summed E-state index contributed by atoms with van der Waals surface area (Å²) in [5.41, 5.74) is 2.67. The molecule has 1 unspecified atom stereocenters. The Labute approximate surface area is 83.0 Å². The van der Waals surface area contributed by atoms with Crippen molar-refractivity contribution in [1.82, 2.24) is 5.32 Å². The Morgan fingerprint density at radius 3 is 3.21 bits per heavy atom. The van der Waals surface area contributed by atoms with Crippen molar-refractivity contribution in [3.63, 3.8) is 0 Å². The lowest BCUT2D eigenvalue weighted by molar-refractivity contribution is 0.172. The van der Waals surface area contributed by atoms with Gasteiger partial charge < -0.3 is 14.8 Å². The molecule has 1 aromatic rings. The van der Waals surface area contributed by atoms with E-state index in [9.17, 15) is 0 Å². The predicted molar refractivity (Wildman–Crippen MR) is 52.7 cm³/mol. The van der Waals surface area contributed by atoms with E-state index in [2.05, 4.69) is 18.3 Å². The van der Waals surface area contributed by atoms with Crippen molar-refractivity contribution in [2.24, 2.45) is 0 Å². The minimum Gasteiger partial charge on any atom is -0.454 e. The molecule has 3 heteroatoms. The first-order valence-corrected chi connectivity index (χ1v) is 5.01. The molecule has 14 heavy (non-hydrogen) atoms. The Bertz CT molecular complexity index is 376. The van der Waals surface area contributed by atoms with Crippen molar-refractivity contribution in [3.05, 3.63) is 23.3 Å². The number of hydrogen-bond donors (Lipinski definition) is 1. The molecule has 0 aliphatic carbocycles. The smallest absolute Gasteiger partial charge is 0.231 e. The SMILES string of the molecule is CC1NCCc2ccc3c(c21)OCO3. The van der Waals surface area contributed by atoms with E-state index in [1.807, 2.05) is 6.07 Å². The molecule has 0 fully saturated rings. The second kappa shape index (κ2) is 2.89. The quantitative estimate of drug-likeness (QED) is 0.676. The Kier molecular flexibility index (Phi) is 1.67. The van der Waals surface area contributed by atoms with Gasteiger partial charge in [0, 0.05) is 11.6 Å². The molecule has 2 heterocycles. The van der Waals surface area contributed by atoms with E-state index in [4.69, 9.17) is 9.47 Å². The van der Waals surface area contributed by atoms with E-state index in [1.54, 1.807) is 0 Å². The van der Waals surface area contributed by atoms with Crippen LogP contribution in [0.5, 0.6) is 11.5 Å². The van der Waals surface area contributed by atoms with Crippen molar-refractivity contribution < 1.29 is 9.47 Å². The third-order valence-corrected chi connectivity index (χ3v) is 2.95. The molecule has 0 bridgehead atoms. The van der Waals surface area contributed by atoms with Gasteiger partial charge in [0.1, 0.15) is 0 Å². The summed E-state index contributed by atoms with van der Waals surface area (Å²) in [6, 6.07) is 4.54. The summed E-state index contributed by atoms with van der Waals surface area (Å²) in [6.45, 7) is 3.58. The third-order valence-electron chi connectivity index (χ3n) is 2.95. The van der Waals surface area contributed by atoms with Crippen molar-refractivity contribution in [3.8, 4) is 11.5 Å². The van der Waals surface area contributed by atoms with Gasteiger partial charge in [0.25, 0.3) is 0 Å². The maximum Gasteiger partial charge on any atom is 0.231 e. The topological polar surface area (TPSA) is 30.5 Å². The zero-order valence-corrected chi connectivity index (χ0v) is 8.17. The highest BCUT2D eigenvalue weighted by Gasteiger charge is 2.26. The molecule has 0 amide bonds. The first-order valence-electron chi connectivity index (χ1n) is 5.01. The second-order valence-electron chi connectivity index (χ2n) is 3.80. The second-order valence-corrected chi connectivity index (χ2v) is 3.80. The molecule has 1 atom stereocenters. The standard InChI is InChI=1S/C11H13NO2/c1-7-10-8(4-5-12-7)2-3-9-11(10)14-6-13-9/h2-3,7,12H,4-6H2,1H3. The van der Waals surface area contributed by atoms with Crippen LogP contribution in [-0.4, -0.2) is 13.3 Å². The Balaban J connectivity index is 2.19. The van der Waals surface area contributed by atoms with Gasteiger partial charge in [0.05, 0.1) is 0 Å². The van der Waals surface area contributed by atoms with Crippen LogP contribution in [0.1, 0.15) is 24.1 Å². The average molecular weight is 191 g/mol. The van der Waals surface area contributed by atoms with Gasteiger partial charge in [-0.1, -0.05) is 6.07 Å². The summed E-state index contributed by atoms with van der Waals surface area (Å²) in [5.74, 6) is 1.83. The first kappa shape index (κ1) is 8.12. The largest absolute Gasteiger partial charge is 0.454 e. The van der Waals surface area contributed by atoms with E-state index in [1.165, 1.54) is 11.1 Å². The molecule has 3 rings (SSSR count). The molecule has 74 valence electrons. The Morgan fingerprint density at radius 1 is 1.36 bits per heavy atom. The van der Waals surface area contributed by atoms with Crippen molar-refractivity contribution in [2.75, 3.05) is 13.3 Å². The molecule has 0 saturated heterocycles. The van der Waals surface area contributed by atoms with Gasteiger partial charge >= 0.3 is 0 Å². The molecule has 0 saturated carbocycles. The van der Waals surface area contributed by atoms with Crippen LogP contribution in [0.15, 0.2) is 12.1 Å². The van der Waals surface area contributed by atoms with Crippen molar-refractivity contribution in [1.29, 1.82) is 0 Å². The Morgan fingerprint density at radius 2 is 2.29 bits per heavy atom. The van der Waals surface area contributed by atoms with Crippen molar-refractivity contribution in [2.45, 2.75) is 19.4 Å². The summed E-state index contributed by atoms with van der Waals surface area (Å²) in [6.07, 6.45) is 1.08. The number of nitrogens with one attached hydrogen (secondary N) is 1. The maximum absolute atomic E-state index is 5.51. The molecule has 2 aliphatic rings. The van der Waals surface area contributed by atoms with Gasteiger partial charge in [-0.15, -0.1) is 0 Å². The lowest BCUT2D eigenvalue weighted by Gasteiger charge is -2.24. The highest BCUT2D eigenvalue weighted by molar-refractivity contribution is 5.54. The highest BCUT2D eigenvalue weighted by atomic mass is 16.7. The molecule has 3 nitrogen and oxygen atoms in total. The van der Waals surface area contributed by atoms with Crippen LogP contribution in [0.25, 0.3) is 0 Å². The average Bonchev–Trinajstić information content (AvgIpc) is 2.65. The van der Waals surface area contributed by atoms with Gasteiger partial charge in [-0.25, -0.2) is 0 Å². The van der Waals surface area contributed by atoms with Crippen LogP contribution in [0.3, 0.4) is 0 Å². The van der Waals surface area contributed by atoms with Gasteiger partial charge in [0.15, 0.2) is 11.5 Å². The number of hydrogen-bond acceptors (Lipinski definition) is 3. The molecule has 1 N–H and O–H groups in total. The van der Waals surface area contributed by atoms with Gasteiger partial charge in [-0.2, -0.15) is 0 Å². The summed E-state index contributed by atoms with van der Waals surface area (Å²) < 4.78 is 10.9. The lowest BCUT2D eigenvalue weighted by atomic mass is 9.94. The highest BCUT2D eigenvalue weighted by Crippen LogP contribution is 2.41. The van der Waals surface area contributed by atoms with Crippen molar-refractivity contribution >= 4 is 0 Å². The number of rotatable bonds is 0. The zero-order chi connectivity index (χ0) is 9.54. The first-order chi connectivity index (χ1) is 6.86. The van der Waals surface area contributed by atoms with Crippen LogP contribution in [0.2, 0.25) is 0 Å². The molecule has 0 spiro atoms. The number of fused-ring (bicyclic) bond motifs is 3. The molecule has 1 aromatic carbocycles. The fourth-order valence-electron chi connectivity index (χ4n) is 2.25. The maximum atomic E-state index is 5.51. The molecule has 2 aliphatic heterocycles. The lowest BCUT2D eigenvalue weighted by Crippen LogP contribution is -2.27. The summed E-state index contributed by atoms with van der Waals surface area (Å²) in [5, 5.41) is 3.43. The van der Waals surface area contributed by atoms with Crippen LogP contribution >= 0.6 is 0 Å². The van der Waals surface area contributed by atoms with Crippen LogP contribution in [0.4, 0.5) is 0 Å². The molecular weight excluding hydrogens is 178 g/mol. The van der Waals surface area contributed by atoms with Crippen LogP contribution in [0, 0.1) is 0 Å². The molecule has 0 aromatic heterocycles. The number of ether oxygens (including phenoxy) is 2. The van der Waals surface area contributed by atoms with Crippen LogP contribution in [-0.2, 0) is 6.42 Å². The van der Waals surface area contributed by atoms with E-state index < -0.39 is 0 Å². The molecule has 0 radical (unpaired) electrons. The number of benzene rings is 1. The zero-order valence-electron chi connectivity index (χ0n) is 8.17. The Hall–Kier alpha value is -1.22. The van der Waals surface area contributed by atoms with E-state index >= 15 is 0 Å². The third kappa shape index (κ3) is 1.02. The molecular formula is C11H13NO2. The fraction of sp³-hybridized carbons (Fsp3) is 0.455. The summed E-state index contributed by atoms with van der Waals surface area (Å²) in [4.78, 5) is 0. The predicted octanol–water partition coefficient (Wildman–Crippen LogP) is 1.62. The summed E-state index contributed by atoms with van der Waals surface area (Å²) >= 11 is 0. The van der Waals surface area contributed by atoms with Crippen LogP contribution < -0.4 is 14.8 Å². The van der Waals surface area contributed by atoms with Gasteiger partial charge in [-0.3, -0.25) is 0 Å². The van der Waals surface area contributed by atoms with Gasteiger partial charge in [-0.05, 0) is 31.5 Å². The van der Waals surface area contributed by atoms with E-state index in [0.717, 1.165) is 24.5 Å². The van der Waals surface area contributed by atoms with E-state index in [-0.39, 0.29) is 0 Å². The summed E-state index contributed by atoms with van der Waals surface area (Å²) in [7, 11) is 0. The minimum absolute atomic E-state index is 0.360. The van der Waals surface area contributed by atoms with E-state index in [0.29, 0.717) is 12.8 Å². The fourth-order valence-corrected chi connectivity index (χ4v) is 2.25. The van der Waals surface area contributed by atoms with Gasteiger partial charge in [0.2, 0.25) is 6.79 Å². The normalized spacial score (nSPS) is 23.4. The minimum atomic E-state index is 0.360.